The summed E-state index contributed by atoms with van der Waals surface area (Å²) in [7, 11) is 0. The van der Waals surface area contributed by atoms with Crippen LogP contribution in [0, 0.1) is 11.3 Å². The van der Waals surface area contributed by atoms with Crippen LogP contribution in [0.25, 0.3) is 0 Å². The Morgan fingerprint density at radius 1 is 1.57 bits per heavy atom. The van der Waals surface area contributed by atoms with E-state index in [2.05, 4.69) is 31.9 Å². The van der Waals surface area contributed by atoms with Gasteiger partial charge in [-0.3, -0.25) is 0 Å². The summed E-state index contributed by atoms with van der Waals surface area (Å²) in [5.41, 5.74) is 1.10. The fourth-order valence-electron chi connectivity index (χ4n) is 0.957. The highest BCUT2D eigenvalue weighted by Crippen LogP contribution is 2.24. The summed E-state index contributed by atoms with van der Waals surface area (Å²) in [6.45, 7) is 1.72. The molecule has 0 spiro atoms. The van der Waals surface area contributed by atoms with Gasteiger partial charge in [0.2, 0.25) is 0 Å². The minimum Gasteiger partial charge on any atom is -0.476 e. The van der Waals surface area contributed by atoms with E-state index in [0.717, 1.165) is 21.1 Å². The zero-order valence-electron chi connectivity index (χ0n) is 7.63. The lowest BCUT2D eigenvalue weighted by Crippen LogP contribution is -2.08. The number of alkyl halides is 1. The van der Waals surface area contributed by atoms with Crippen molar-refractivity contribution < 1.29 is 4.74 Å². The molecule has 1 unspecified atom stereocenters. The number of halogens is 2. The summed E-state index contributed by atoms with van der Waals surface area (Å²) in [5, 5.41) is 9.34. The minimum atomic E-state index is -0.417. The van der Waals surface area contributed by atoms with Gasteiger partial charge in [-0.15, -0.1) is 0 Å². The lowest BCUT2D eigenvalue weighted by Gasteiger charge is -2.09. The van der Waals surface area contributed by atoms with E-state index in [1.54, 1.807) is 6.92 Å². The van der Waals surface area contributed by atoms with Gasteiger partial charge in [-0.2, -0.15) is 5.26 Å². The zero-order chi connectivity index (χ0) is 10.6. The number of ether oxygens (including phenoxy) is 1. The molecule has 0 radical (unpaired) electrons. The maximum Gasteiger partial charge on any atom is 0.181 e. The highest BCUT2D eigenvalue weighted by Gasteiger charge is 2.04. The maximum absolute atomic E-state index is 8.58. The molecule has 2 nitrogen and oxygen atoms in total. The minimum absolute atomic E-state index is 0.417. The number of nitrogens with zero attached hydrogens (tertiary/aromatic N) is 1. The van der Waals surface area contributed by atoms with Crippen molar-refractivity contribution in [1.82, 2.24) is 0 Å². The lowest BCUT2D eigenvalue weighted by molar-refractivity contribution is 0.276. The fourth-order valence-corrected chi connectivity index (χ4v) is 2.18. The molecule has 14 heavy (non-hydrogen) atoms. The average Bonchev–Trinajstić information content (AvgIpc) is 2.20. The van der Waals surface area contributed by atoms with E-state index < -0.39 is 6.10 Å². The Bertz CT molecular complexity index is 360. The smallest absolute Gasteiger partial charge is 0.181 e. The number of hydrogen-bond acceptors (Lipinski definition) is 2. The number of nitriles is 1. The molecule has 0 bridgehead atoms. The molecule has 74 valence electrons. The summed E-state index contributed by atoms with van der Waals surface area (Å²) in [6, 6.07) is 7.68. The van der Waals surface area contributed by atoms with Crippen LogP contribution in [0.2, 0.25) is 0 Å². The second-order valence-electron chi connectivity index (χ2n) is 2.78. The van der Waals surface area contributed by atoms with Crippen LogP contribution >= 0.6 is 31.9 Å². The van der Waals surface area contributed by atoms with Crippen molar-refractivity contribution in [2.75, 3.05) is 0 Å². The first-order valence-corrected chi connectivity index (χ1v) is 5.99. The van der Waals surface area contributed by atoms with Crippen LogP contribution in [-0.2, 0) is 5.33 Å². The quantitative estimate of drug-likeness (QED) is 0.797. The van der Waals surface area contributed by atoms with E-state index in [1.807, 2.05) is 24.3 Å². The molecule has 0 fully saturated rings. The number of benzene rings is 1. The lowest BCUT2D eigenvalue weighted by atomic mass is 10.2. The van der Waals surface area contributed by atoms with Crippen LogP contribution in [0.1, 0.15) is 12.5 Å². The molecular weight excluding hydrogens is 310 g/mol. The summed E-state index contributed by atoms with van der Waals surface area (Å²) >= 11 is 6.80. The molecule has 1 aromatic rings. The Labute approximate surface area is 100 Å². The van der Waals surface area contributed by atoms with Gasteiger partial charge in [0.1, 0.15) is 11.8 Å². The number of hydrogen-bond donors (Lipinski definition) is 0. The molecule has 0 saturated heterocycles. The Kier molecular flexibility index (Phi) is 4.43. The zero-order valence-corrected chi connectivity index (χ0v) is 10.8. The SMILES string of the molecule is CC(C#N)Oc1ccc(Br)c(CBr)c1. The van der Waals surface area contributed by atoms with Gasteiger partial charge in [0.25, 0.3) is 0 Å². The molecular formula is C10H9Br2NO. The highest BCUT2D eigenvalue weighted by atomic mass is 79.9. The molecule has 0 heterocycles. The highest BCUT2D eigenvalue weighted by molar-refractivity contribution is 9.10. The second-order valence-corrected chi connectivity index (χ2v) is 4.19. The van der Waals surface area contributed by atoms with Crippen LogP contribution in [0.5, 0.6) is 5.75 Å². The molecule has 0 aliphatic rings. The number of rotatable bonds is 3. The van der Waals surface area contributed by atoms with Gasteiger partial charge >= 0.3 is 0 Å². The van der Waals surface area contributed by atoms with Crippen molar-refractivity contribution in [3.05, 3.63) is 28.2 Å². The third kappa shape index (κ3) is 3.00. The predicted octanol–water partition coefficient (Wildman–Crippen LogP) is 3.63. The van der Waals surface area contributed by atoms with Gasteiger partial charge in [-0.1, -0.05) is 31.9 Å². The molecule has 0 aromatic heterocycles. The summed E-state index contributed by atoms with van der Waals surface area (Å²) < 4.78 is 6.39. The molecule has 1 rings (SSSR count). The first-order valence-electron chi connectivity index (χ1n) is 4.08. The first kappa shape index (κ1) is 11.5. The maximum atomic E-state index is 8.58. The summed E-state index contributed by atoms with van der Waals surface area (Å²) in [4.78, 5) is 0. The van der Waals surface area contributed by atoms with Gasteiger partial charge in [0.15, 0.2) is 6.10 Å². The normalized spacial score (nSPS) is 11.9. The molecule has 1 atom stereocenters. The van der Waals surface area contributed by atoms with Crippen LogP contribution in [-0.4, -0.2) is 6.10 Å². The van der Waals surface area contributed by atoms with Gasteiger partial charge in [0.05, 0.1) is 0 Å². The van der Waals surface area contributed by atoms with Crippen LogP contribution < -0.4 is 4.74 Å². The standard InChI is InChI=1S/C10H9Br2NO/c1-7(6-13)14-9-2-3-10(12)8(4-9)5-11/h2-4,7H,5H2,1H3. The molecule has 0 amide bonds. The van der Waals surface area contributed by atoms with Crippen molar-refractivity contribution in [3.8, 4) is 11.8 Å². The van der Waals surface area contributed by atoms with E-state index >= 15 is 0 Å². The summed E-state index contributed by atoms with van der Waals surface area (Å²) in [5.74, 6) is 0.719. The van der Waals surface area contributed by atoms with Crippen molar-refractivity contribution in [3.63, 3.8) is 0 Å². The molecule has 4 heteroatoms. The first-order chi connectivity index (χ1) is 6.67. The Balaban J connectivity index is 2.85. The van der Waals surface area contributed by atoms with E-state index in [9.17, 15) is 0 Å². The third-order valence-electron chi connectivity index (χ3n) is 1.66. The van der Waals surface area contributed by atoms with Gasteiger partial charge in [-0.05, 0) is 30.7 Å². The topological polar surface area (TPSA) is 33.0 Å². The van der Waals surface area contributed by atoms with E-state index in [0.29, 0.717) is 0 Å². The van der Waals surface area contributed by atoms with E-state index in [-0.39, 0.29) is 0 Å². The molecule has 0 saturated carbocycles. The van der Waals surface area contributed by atoms with Crippen molar-refractivity contribution in [1.29, 1.82) is 5.26 Å². The van der Waals surface area contributed by atoms with Gasteiger partial charge in [0, 0.05) is 9.80 Å². The Hall–Kier alpha value is -0.530. The second kappa shape index (κ2) is 5.38. The van der Waals surface area contributed by atoms with Crippen LogP contribution in [0.4, 0.5) is 0 Å². The van der Waals surface area contributed by atoms with Gasteiger partial charge < -0.3 is 4.74 Å². The molecule has 1 aromatic carbocycles. The van der Waals surface area contributed by atoms with Crippen LogP contribution in [0.15, 0.2) is 22.7 Å². The van der Waals surface area contributed by atoms with Crippen molar-refractivity contribution >= 4 is 31.9 Å². The average molecular weight is 319 g/mol. The van der Waals surface area contributed by atoms with E-state index in [4.69, 9.17) is 10.00 Å². The van der Waals surface area contributed by atoms with Crippen molar-refractivity contribution in [2.45, 2.75) is 18.4 Å². The van der Waals surface area contributed by atoms with E-state index in [1.165, 1.54) is 0 Å². The predicted molar refractivity (Wildman–Crippen MR) is 62.5 cm³/mol. The monoisotopic (exact) mass is 317 g/mol. The third-order valence-corrected chi connectivity index (χ3v) is 3.03. The molecule has 0 N–H and O–H groups in total. The Morgan fingerprint density at radius 2 is 2.29 bits per heavy atom. The van der Waals surface area contributed by atoms with Gasteiger partial charge in [-0.25, -0.2) is 0 Å². The van der Waals surface area contributed by atoms with Crippen molar-refractivity contribution in [2.24, 2.45) is 0 Å². The molecule has 0 aliphatic heterocycles. The summed E-state index contributed by atoms with van der Waals surface area (Å²) in [6.07, 6.45) is -0.417. The van der Waals surface area contributed by atoms with Crippen LogP contribution in [0.3, 0.4) is 0 Å². The Morgan fingerprint density at radius 3 is 2.86 bits per heavy atom. The fraction of sp³-hybridized carbons (Fsp3) is 0.300. The molecule has 0 aliphatic carbocycles. The largest absolute Gasteiger partial charge is 0.476 e.